The fourth-order valence-corrected chi connectivity index (χ4v) is 2.63. The number of hydrogen-bond donors (Lipinski definition) is 1. The Morgan fingerprint density at radius 3 is 2.33 bits per heavy atom. The van der Waals surface area contributed by atoms with Crippen molar-refractivity contribution in [3.8, 4) is 0 Å². The fraction of sp³-hybridized carbons (Fsp3) is 0.190. The van der Waals surface area contributed by atoms with Crippen molar-refractivity contribution < 1.29 is 9.18 Å². The third-order valence-electron chi connectivity index (χ3n) is 4.16. The standard InChI is InChI=1S/C21H21FN4O/c1-2-26(15-17-6-4-3-5-7-17)21(27)19-12-13-20(25-24-19)23-14-16-8-10-18(22)11-9-16/h3-13H,2,14-15H2,1H3,(H,23,25). The van der Waals surface area contributed by atoms with Crippen molar-refractivity contribution in [2.75, 3.05) is 11.9 Å². The molecule has 1 N–H and O–H groups in total. The van der Waals surface area contributed by atoms with Gasteiger partial charge in [0.25, 0.3) is 5.91 Å². The molecule has 0 fully saturated rings. The maximum absolute atomic E-state index is 12.9. The zero-order valence-corrected chi connectivity index (χ0v) is 15.1. The van der Waals surface area contributed by atoms with Crippen LogP contribution in [0.1, 0.15) is 28.5 Å². The van der Waals surface area contributed by atoms with Crippen molar-refractivity contribution in [3.63, 3.8) is 0 Å². The Bertz CT molecular complexity index is 867. The molecule has 0 aliphatic rings. The molecule has 2 aromatic carbocycles. The van der Waals surface area contributed by atoms with Crippen LogP contribution in [0.15, 0.2) is 66.7 Å². The van der Waals surface area contributed by atoms with Crippen LogP contribution in [0.4, 0.5) is 10.2 Å². The maximum atomic E-state index is 12.9. The van der Waals surface area contributed by atoms with E-state index < -0.39 is 0 Å². The van der Waals surface area contributed by atoms with Gasteiger partial charge in [0.15, 0.2) is 5.69 Å². The number of halogens is 1. The number of hydrogen-bond acceptors (Lipinski definition) is 4. The topological polar surface area (TPSA) is 58.1 Å². The number of nitrogens with zero attached hydrogens (tertiary/aromatic N) is 3. The summed E-state index contributed by atoms with van der Waals surface area (Å²) in [5.74, 6) is 0.137. The highest BCUT2D eigenvalue weighted by Gasteiger charge is 2.16. The Morgan fingerprint density at radius 2 is 1.70 bits per heavy atom. The Hall–Kier alpha value is -3.28. The van der Waals surface area contributed by atoms with Crippen molar-refractivity contribution in [1.82, 2.24) is 15.1 Å². The Balaban J connectivity index is 1.61. The van der Waals surface area contributed by atoms with Crippen molar-refractivity contribution >= 4 is 11.7 Å². The predicted octanol–water partition coefficient (Wildman–Crippen LogP) is 3.89. The molecule has 138 valence electrons. The van der Waals surface area contributed by atoms with Crippen LogP contribution in [0.2, 0.25) is 0 Å². The molecule has 0 aliphatic carbocycles. The first-order valence-corrected chi connectivity index (χ1v) is 8.81. The normalized spacial score (nSPS) is 10.4. The third kappa shape index (κ3) is 5.10. The van der Waals surface area contributed by atoms with Gasteiger partial charge < -0.3 is 10.2 Å². The summed E-state index contributed by atoms with van der Waals surface area (Å²) in [4.78, 5) is 14.4. The van der Waals surface area contributed by atoms with Crippen LogP contribution in [0.25, 0.3) is 0 Å². The van der Waals surface area contributed by atoms with Gasteiger partial charge >= 0.3 is 0 Å². The van der Waals surface area contributed by atoms with E-state index in [0.29, 0.717) is 31.1 Å². The van der Waals surface area contributed by atoms with Gasteiger partial charge in [-0.2, -0.15) is 0 Å². The first kappa shape index (κ1) is 18.5. The molecule has 27 heavy (non-hydrogen) atoms. The minimum absolute atomic E-state index is 0.154. The first-order chi connectivity index (χ1) is 13.2. The van der Waals surface area contributed by atoms with Gasteiger partial charge in [-0.25, -0.2) is 4.39 Å². The summed E-state index contributed by atoms with van der Waals surface area (Å²) >= 11 is 0. The molecular weight excluding hydrogens is 343 g/mol. The fourth-order valence-electron chi connectivity index (χ4n) is 2.63. The Labute approximate surface area is 157 Å². The molecule has 3 aromatic rings. The molecule has 0 saturated carbocycles. The van der Waals surface area contributed by atoms with Gasteiger partial charge in [-0.15, -0.1) is 10.2 Å². The smallest absolute Gasteiger partial charge is 0.274 e. The zero-order chi connectivity index (χ0) is 19.1. The number of carbonyl (C=O) groups is 1. The molecule has 6 heteroatoms. The van der Waals surface area contributed by atoms with E-state index in [9.17, 15) is 9.18 Å². The number of aromatic nitrogens is 2. The minimum Gasteiger partial charge on any atom is -0.365 e. The molecule has 3 rings (SSSR count). The van der Waals surface area contributed by atoms with Gasteiger partial charge in [-0.05, 0) is 42.3 Å². The zero-order valence-electron chi connectivity index (χ0n) is 15.1. The molecule has 0 radical (unpaired) electrons. The molecule has 0 unspecified atom stereocenters. The third-order valence-corrected chi connectivity index (χ3v) is 4.16. The summed E-state index contributed by atoms with van der Waals surface area (Å²) in [6, 6.07) is 19.5. The van der Waals surface area contributed by atoms with Gasteiger partial charge in [-0.1, -0.05) is 42.5 Å². The van der Waals surface area contributed by atoms with Crippen molar-refractivity contribution in [2.24, 2.45) is 0 Å². The summed E-state index contributed by atoms with van der Waals surface area (Å²) in [6.07, 6.45) is 0. The lowest BCUT2D eigenvalue weighted by Crippen LogP contribution is -2.31. The van der Waals surface area contributed by atoms with Crippen LogP contribution < -0.4 is 5.32 Å². The number of amides is 1. The van der Waals surface area contributed by atoms with Gasteiger partial charge in [0.1, 0.15) is 11.6 Å². The van der Waals surface area contributed by atoms with Crippen molar-refractivity contribution in [3.05, 3.63) is 89.4 Å². The monoisotopic (exact) mass is 364 g/mol. The number of carbonyl (C=O) groups excluding carboxylic acids is 1. The molecule has 1 heterocycles. The minimum atomic E-state index is -0.266. The molecule has 1 amide bonds. The van der Waals surface area contributed by atoms with Gasteiger partial charge in [0.2, 0.25) is 0 Å². The lowest BCUT2D eigenvalue weighted by atomic mass is 10.2. The quantitative estimate of drug-likeness (QED) is 0.691. The van der Waals surface area contributed by atoms with E-state index in [1.165, 1.54) is 12.1 Å². The van der Waals surface area contributed by atoms with Gasteiger partial charge in [0.05, 0.1) is 0 Å². The average molecular weight is 364 g/mol. The second-order valence-electron chi connectivity index (χ2n) is 6.09. The summed E-state index contributed by atoms with van der Waals surface area (Å²) in [5, 5.41) is 11.2. The van der Waals surface area contributed by atoms with Crippen LogP contribution in [0, 0.1) is 5.82 Å². The maximum Gasteiger partial charge on any atom is 0.274 e. The molecular formula is C21H21FN4O. The van der Waals surface area contributed by atoms with Gasteiger partial charge in [-0.3, -0.25) is 4.79 Å². The number of nitrogens with one attached hydrogen (secondary N) is 1. The highest BCUT2D eigenvalue weighted by atomic mass is 19.1. The van der Waals surface area contributed by atoms with E-state index in [1.54, 1.807) is 29.2 Å². The summed E-state index contributed by atoms with van der Waals surface area (Å²) in [6.45, 7) is 3.55. The van der Waals surface area contributed by atoms with Gasteiger partial charge in [0, 0.05) is 19.6 Å². The molecule has 0 aliphatic heterocycles. The predicted molar refractivity (Wildman–Crippen MR) is 103 cm³/mol. The van der Waals surface area contributed by atoms with E-state index in [0.717, 1.165) is 11.1 Å². The van der Waals surface area contributed by atoms with E-state index in [4.69, 9.17) is 0 Å². The highest BCUT2D eigenvalue weighted by Crippen LogP contribution is 2.11. The molecule has 0 atom stereocenters. The SMILES string of the molecule is CCN(Cc1ccccc1)C(=O)c1ccc(NCc2ccc(F)cc2)nn1. The summed E-state index contributed by atoms with van der Waals surface area (Å²) < 4.78 is 12.9. The van der Waals surface area contributed by atoms with Crippen molar-refractivity contribution in [2.45, 2.75) is 20.0 Å². The Morgan fingerprint density at radius 1 is 0.963 bits per heavy atom. The highest BCUT2D eigenvalue weighted by molar-refractivity contribution is 5.92. The van der Waals surface area contributed by atoms with Crippen molar-refractivity contribution in [1.29, 1.82) is 0 Å². The average Bonchev–Trinajstić information content (AvgIpc) is 2.72. The summed E-state index contributed by atoms with van der Waals surface area (Å²) in [5.41, 5.74) is 2.30. The second kappa shape index (κ2) is 8.89. The van der Waals surface area contributed by atoms with E-state index in [1.807, 2.05) is 37.3 Å². The van der Waals surface area contributed by atoms with Crippen LogP contribution in [-0.4, -0.2) is 27.5 Å². The Kier molecular flexibility index (Phi) is 6.10. The van der Waals surface area contributed by atoms with Crippen LogP contribution in [0.3, 0.4) is 0 Å². The van der Waals surface area contributed by atoms with Crippen LogP contribution in [-0.2, 0) is 13.1 Å². The largest absolute Gasteiger partial charge is 0.365 e. The number of benzene rings is 2. The first-order valence-electron chi connectivity index (χ1n) is 8.81. The van der Waals surface area contributed by atoms with Crippen LogP contribution in [0.5, 0.6) is 0 Å². The molecule has 0 saturated heterocycles. The molecule has 1 aromatic heterocycles. The molecule has 0 spiro atoms. The van der Waals surface area contributed by atoms with E-state index in [2.05, 4.69) is 15.5 Å². The molecule has 5 nitrogen and oxygen atoms in total. The number of anilines is 1. The molecule has 0 bridgehead atoms. The lowest BCUT2D eigenvalue weighted by Gasteiger charge is -2.20. The van der Waals surface area contributed by atoms with E-state index >= 15 is 0 Å². The summed E-state index contributed by atoms with van der Waals surface area (Å²) in [7, 11) is 0. The number of rotatable bonds is 7. The lowest BCUT2D eigenvalue weighted by molar-refractivity contribution is 0.0745. The second-order valence-corrected chi connectivity index (χ2v) is 6.09. The van der Waals surface area contributed by atoms with E-state index in [-0.39, 0.29) is 11.7 Å². The van der Waals surface area contributed by atoms with Crippen LogP contribution >= 0.6 is 0 Å².